The largest absolute Gasteiger partial charge is 0.497 e. The maximum absolute atomic E-state index is 13.3. The molecule has 3 aromatic carbocycles. The second-order valence-electron chi connectivity index (χ2n) is 7.81. The van der Waals surface area contributed by atoms with Crippen LogP contribution in [0.1, 0.15) is 6.42 Å². The van der Waals surface area contributed by atoms with E-state index in [0.717, 1.165) is 34.1 Å². The Hall–Kier alpha value is -3.61. The van der Waals surface area contributed by atoms with Crippen LogP contribution >= 0.6 is 11.6 Å². The number of hydrogen-bond donors (Lipinski definition) is 2. The summed E-state index contributed by atoms with van der Waals surface area (Å²) in [5.74, 6) is 0.671. The minimum Gasteiger partial charge on any atom is -0.497 e. The van der Waals surface area contributed by atoms with E-state index in [4.69, 9.17) is 27.1 Å². The summed E-state index contributed by atoms with van der Waals surface area (Å²) in [6.45, 7) is 1.25. The molecule has 0 saturated heterocycles. The van der Waals surface area contributed by atoms with Crippen LogP contribution in [0.4, 0.5) is 0 Å². The highest BCUT2D eigenvalue weighted by molar-refractivity contribution is 6.33. The summed E-state index contributed by atoms with van der Waals surface area (Å²) in [4.78, 5) is 21.1. The summed E-state index contributed by atoms with van der Waals surface area (Å²) >= 11 is 6.67. The van der Waals surface area contributed by atoms with Gasteiger partial charge >= 0.3 is 0 Å². The van der Waals surface area contributed by atoms with Crippen LogP contribution in [0, 0.1) is 0 Å². The van der Waals surface area contributed by atoms with Gasteiger partial charge in [0.2, 0.25) is 0 Å². The van der Waals surface area contributed by atoms with Gasteiger partial charge < -0.3 is 20.0 Å². The molecule has 6 nitrogen and oxygen atoms in total. The fourth-order valence-electron chi connectivity index (χ4n) is 4.32. The molecular weight excluding hydrogens is 436 g/mol. The second kappa shape index (κ2) is 8.73. The Morgan fingerprint density at radius 1 is 1.09 bits per heavy atom. The summed E-state index contributed by atoms with van der Waals surface area (Å²) in [5.41, 5.74) is 10.7. The van der Waals surface area contributed by atoms with Crippen molar-refractivity contribution in [2.24, 2.45) is 5.73 Å². The van der Waals surface area contributed by atoms with Crippen molar-refractivity contribution < 1.29 is 4.74 Å². The third-order valence-electron chi connectivity index (χ3n) is 5.82. The van der Waals surface area contributed by atoms with Gasteiger partial charge in [0.05, 0.1) is 23.8 Å². The van der Waals surface area contributed by atoms with E-state index in [-0.39, 0.29) is 5.56 Å². The van der Waals surface area contributed by atoms with Gasteiger partial charge in [0, 0.05) is 39.7 Å². The topological polar surface area (TPSA) is 85.9 Å². The predicted octanol–water partition coefficient (Wildman–Crippen LogP) is 5.22. The molecule has 3 N–H and O–H groups in total. The highest BCUT2D eigenvalue weighted by Gasteiger charge is 2.24. The molecule has 0 aliphatic heterocycles. The van der Waals surface area contributed by atoms with Gasteiger partial charge in [-0.25, -0.2) is 4.98 Å². The van der Waals surface area contributed by atoms with Crippen molar-refractivity contribution in [3.63, 3.8) is 0 Å². The lowest BCUT2D eigenvalue weighted by molar-refractivity contribution is 0.415. The molecule has 2 heterocycles. The van der Waals surface area contributed by atoms with E-state index in [0.29, 0.717) is 40.6 Å². The highest BCUT2D eigenvalue weighted by atomic mass is 35.5. The SMILES string of the molecule is COc1ccc2[nH]c(=O)c(-c3c(-c4ccccc4Cl)n(CCCN)c4ccccc34)nc2c1. The molecule has 0 spiro atoms. The quantitative estimate of drug-likeness (QED) is 0.365. The molecule has 5 aromatic rings. The fraction of sp³-hybridized carbons (Fsp3) is 0.154. The summed E-state index contributed by atoms with van der Waals surface area (Å²) in [7, 11) is 1.61. The number of nitrogens with zero attached hydrogens (tertiary/aromatic N) is 2. The molecular formula is C26H23ClN4O2. The Morgan fingerprint density at radius 3 is 2.67 bits per heavy atom. The van der Waals surface area contributed by atoms with Crippen molar-refractivity contribution in [1.29, 1.82) is 0 Å². The molecule has 0 amide bonds. The predicted molar refractivity (Wildman–Crippen MR) is 134 cm³/mol. The standard InChI is InChI=1S/C26H23ClN4O2/c1-33-16-11-12-20-21(15-16)29-24(26(32)30-20)23-18-8-3-5-10-22(18)31(14-6-13-28)25(23)17-7-2-4-9-19(17)27/h2-5,7-12,15H,6,13-14,28H2,1H3,(H,30,32). The first kappa shape index (κ1) is 21.2. The summed E-state index contributed by atoms with van der Waals surface area (Å²) in [6, 6.07) is 21.1. The number of halogens is 1. The number of fused-ring (bicyclic) bond motifs is 2. The zero-order chi connectivity index (χ0) is 22.9. The van der Waals surface area contributed by atoms with E-state index in [1.807, 2.05) is 54.6 Å². The molecule has 0 radical (unpaired) electrons. The maximum atomic E-state index is 13.3. The van der Waals surface area contributed by atoms with Gasteiger partial charge in [-0.3, -0.25) is 4.79 Å². The van der Waals surface area contributed by atoms with Crippen LogP contribution in [-0.2, 0) is 6.54 Å². The number of aryl methyl sites for hydroxylation is 1. The van der Waals surface area contributed by atoms with Crippen molar-refractivity contribution in [3.8, 4) is 28.3 Å². The van der Waals surface area contributed by atoms with Crippen LogP contribution in [-0.4, -0.2) is 28.2 Å². The number of aromatic amines is 1. The molecule has 2 aromatic heterocycles. The Morgan fingerprint density at radius 2 is 1.88 bits per heavy atom. The van der Waals surface area contributed by atoms with E-state index in [9.17, 15) is 4.79 Å². The van der Waals surface area contributed by atoms with Gasteiger partial charge in [0.25, 0.3) is 5.56 Å². The van der Waals surface area contributed by atoms with E-state index in [1.165, 1.54) is 0 Å². The molecule has 0 fully saturated rings. The second-order valence-corrected chi connectivity index (χ2v) is 8.22. The number of aromatic nitrogens is 3. The van der Waals surface area contributed by atoms with Gasteiger partial charge in [-0.05, 0) is 37.2 Å². The number of methoxy groups -OCH3 is 1. The maximum Gasteiger partial charge on any atom is 0.275 e. The molecule has 0 bridgehead atoms. The molecule has 33 heavy (non-hydrogen) atoms. The van der Waals surface area contributed by atoms with Crippen LogP contribution in [0.5, 0.6) is 5.75 Å². The van der Waals surface area contributed by atoms with Gasteiger partial charge in [0.15, 0.2) is 0 Å². The Labute approximate surface area is 195 Å². The first-order chi connectivity index (χ1) is 16.1. The molecule has 0 aliphatic rings. The lowest BCUT2D eigenvalue weighted by Crippen LogP contribution is -2.12. The number of nitrogens with two attached hydrogens (primary N) is 1. The van der Waals surface area contributed by atoms with E-state index in [1.54, 1.807) is 19.2 Å². The fourth-order valence-corrected chi connectivity index (χ4v) is 4.54. The molecule has 7 heteroatoms. The monoisotopic (exact) mass is 458 g/mol. The molecule has 0 aliphatic carbocycles. The summed E-state index contributed by atoms with van der Waals surface area (Å²) in [5, 5.41) is 1.54. The molecule has 5 rings (SSSR count). The van der Waals surface area contributed by atoms with Crippen LogP contribution in [0.3, 0.4) is 0 Å². The van der Waals surface area contributed by atoms with Gasteiger partial charge in [-0.2, -0.15) is 0 Å². The Balaban J connectivity index is 1.90. The number of nitrogens with one attached hydrogen (secondary N) is 1. The normalized spacial score (nSPS) is 11.4. The Bertz CT molecular complexity index is 1540. The van der Waals surface area contributed by atoms with E-state index >= 15 is 0 Å². The highest BCUT2D eigenvalue weighted by Crippen LogP contribution is 2.42. The Kier molecular flexibility index (Phi) is 5.62. The van der Waals surface area contributed by atoms with Crippen LogP contribution < -0.4 is 16.0 Å². The van der Waals surface area contributed by atoms with E-state index in [2.05, 4.69) is 9.55 Å². The summed E-state index contributed by atoms with van der Waals surface area (Å²) < 4.78 is 7.55. The number of para-hydroxylation sites is 1. The number of benzene rings is 3. The lowest BCUT2D eigenvalue weighted by atomic mass is 10.0. The average molecular weight is 459 g/mol. The number of rotatable bonds is 6. The lowest BCUT2D eigenvalue weighted by Gasteiger charge is -2.14. The third kappa shape index (κ3) is 3.67. The van der Waals surface area contributed by atoms with Crippen molar-refractivity contribution >= 4 is 33.5 Å². The van der Waals surface area contributed by atoms with Gasteiger partial charge in [0.1, 0.15) is 11.4 Å². The minimum absolute atomic E-state index is 0.261. The first-order valence-electron chi connectivity index (χ1n) is 10.8. The zero-order valence-corrected chi connectivity index (χ0v) is 18.9. The smallest absolute Gasteiger partial charge is 0.275 e. The van der Waals surface area contributed by atoms with Crippen LogP contribution in [0.2, 0.25) is 5.02 Å². The van der Waals surface area contributed by atoms with Crippen molar-refractivity contribution in [3.05, 3.63) is 82.1 Å². The molecule has 0 atom stereocenters. The number of ether oxygens (including phenoxy) is 1. The number of hydrogen-bond acceptors (Lipinski definition) is 4. The molecule has 166 valence electrons. The first-order valence-corrected chi connectivity index (χ1v) is 11.1. The van der Waals surface area contributed by atoms with Crippen LogP contribution in [0.15, 0.2) is 71.5 Å². The van der Waals surface area contributed by atoms with Crippen LogP contribution in [0.25, 0.3) is 44.5 Å². The van der Waals surface area contributed by atoms with Gasteiger partial charge in [-0.1, -0.05) is 48.0 Å². The van der Waals surface area contributed by atoms with E-state index < -0.39 is 0 Å². The average Bonchev–Trinajstić information content (AvgIpc) is 3.16. The van der Waals surface area contributed by atoms with Crippen molar-refractivity contribution in [2.75, 3.05) is 13.7 Å². The minimum atomic E-state index is -0.261. The zero-order valence-electron chi connectivity index (χ0n) is 18.1. The van der Waals surface area contributed by atoms with Crippen molar-refractivity contribution in [1.82, 2.24) is 14.5 Å². The number of H-pyrrole nitrogens is 1. The molecule has 0 saturated carbocycles. The van der Waals surface area contributed by atoms with Crippen molar-refractivity contribution in [2.45, 2.75) is 13.0 Å². The summed E-state index contributed by atoms with van der Waals surface area (Å²) in [6.07, 6.45) is 0.786. The third-order valence-corrected chi connectivity index (χ3v) is 6.15. The molecule has 0 unspecified atom stereocenters. The van der Waals surface area contributed by atoms with Gasteiger partial charge in [-0.15, -0.1) is 0 Å².